The summed E-state index contributed by atoms with van der Waals surface area (Å²) in [7, 11) is 0. The third-order valence-electron chi connectivity index (χ3n) is 6.90. The van der Waals surface area contributed by atoms with E-state index in [1.54, 1.807) is 6.08 Å². The Morgan fingerprint density at radius 1 is 0.917 bits per heavy atom. The second-order valence-electron chi connectivity index (χ2n) is 10.9. The Morgan fingerprint density at radius 2 is 1.53 bits per heavy atom. The van der Waals surface area contributed by atoms with Gasteiger partial charge >= 0.3 is 11.9 Å². The first-order valence-electron chi connectivity index (χ1n) is 13.9. The number of aliphatic carboxylic acids is 1. The first kappa shape index (κ1) is 31.7. The smallest absolute Gasteiger partial charge is 0.331 e. The number of carboxylic acids is 1. The molecule has 0 bridgehead atoms. The largest absolute Gasteiger partial charge is 0.481 e. The summed E-state index contributed by atoms with van der Waals surface area (Å²) in [4.78, 5) is 22.5. The number of hydrogen-bond donors (Lipinski definition) is 1. The standard InChI is InChI=1S/C32H50O4/c1-26(21-22-29-28(3)19-16-23-32(29,4)5)17-15-18-27(2)25-31(35)36-24-14-12-10-8-6-7-9-11-13-20-30(33)34/h15,17-18,21-22,25H,6-14,16,19-20,23-24H2,1-5H3,(H,33,34)/b18-15+,22-21+,26-17+,27-25+. The van der Waals surface area contributed by atoms with Gasteiger partial charge in [0.2, 0.25) is 0 Å². The summed E-state index contributed by atoms with van der Waals surface area (Å²) in [6, 6.07) is 0. The van der Waals surface area contributed by atoms with E-state index in [-0.39, 0.29) is 17.8 Å². The summed E-state index contributed by atoms with van der Waals surface area (Å²) in [6.07, 6.45) is 25.6. The minimum absolute atomic E-state index is 0.250. The average Bonchev–Trinajstić information content (AvgIpc) is 2.78. The van der Waals surface area contributed by atoms with Gasteiger partial charge in [-0.15, -0.1) is 0 Å². The lowest BCUT2D eigenvalue weighted by molar-refractivity contribution is -0.138. The topological polar surface area (TPSA) is 63.6 Å². The number of carboxylic acid groups (broad SMARTS) is 1. The van der Waals surface area contributed by atoms with Gasteiger partial charge in [0.15, 0.2) is 0 Å². The minimum atomic E-state index is -0.698. The highest BCUT2D eigenvalue weighted by molar-refractivity contribution is 5.83. The number of rotatable bonds is 17. The number of carbonyl (C=O) groups excluding carboxylic acids is 1. The molecule has 0 atom stereocenters. The molecule has 1 aliphatic rings. The normalized spacial score (nSPS) is 16.8. The van der Waals surface area contributed by atoms with Gasteiger partial charge in [-0.1, -0.05) is 100 Å². The first-order valence-corrected chi connectivity index (χ1v) is 13.9. The lowest BCUT2D eigenvalue weighted by Crippen LogP contribution is -2.19. The van der Waals surface area contributed by atoms with Crippen molar-refractivity contribution in [3.63, 3.8) is 0 Å². The third kappa shape index (κ3) is 14.9. The molecule has 0 amide bonds. The van der Waals surface area contributed by atoms with Gasteiger partial charge in [0.05, 0.1) is 6.61 Å². The molecule has 4 nitrogen and oxygen atoms in total. The van der Waals surface area contributed by atoms with Crippen molar-refractivity contribution in [3.05, 3.63) is 58.7 Å². The second-order valence-corrected chi connectivity index (χ2v) is 10.9. The molecule has 0 aromatic rings. The van der Waals surface area contributed by atoms with Gasteiger partial charge in [-0.25, -0.2) is 4.79 Å². The highest BCUT2D eigenvalue weighted by Gasteiger charge is 2.26. The van der Waals surface area contributed by atoms with Gasteiger partial charge in [-0.2, -0.15) is 0 Å². The zero-order valence-electron chi connectivity index (χ0n) is 23.5. The van der Waals surface area contributed by atoms with Crippen LogP contribution in [0.4, 0.5) is 0 Å². The summed E-state index contributed by atoms with van der Waals surface area (Å²) in [6.45, 7) is 11.4. The Labute approximate surface area is 220 Å². The van der Waals surface area contributed by atoms with Crippen molar-refractivity contribution >= 4 is 11.9 Å². The number of allylic oxidation sites excluding steroid dienone is 9. The van der Waals surface area contributed by atoms with E-state index < -0.39 is 5.97 Å². The van der Waals surface area contributed by atoms with Crippen molar-refractivity contribution in [2.24, 2.45) is 5.41 Å². The molecule has 0 radical (unpaired) electrons. The predicted octanol–water partition coefficient (Wildman–Crippen LogP) is 9.05. The molecular weight excluding hydrogens is 448 g/mol. The maximum Gasteiger partial charge on any atom is 0.331 e. The lowest BCUT2D eigenvalue weighted by Gasteiger charge is -2.32. The van der Waals surface area contributed by atoms with Crippen LogP contribution in [0.5, 0.6) is 0 Å². The Bertz CT molecular complexity index is 836. The van der Waals surface area contributed by atoms with E-state index in [0.29, 0.717) is 6.61 Å². The van der Waals surface area contributed by atoms with Crippen LogP contribution in [-0.4, -0.2) is 23.7 Å². The highest BCUT2D eigenvalue weighted by atomic mass is 16.5. The maximum absolute atomic E-state index is 12.0. The van der Waals surface area contributed by atoms with E-state index >= 15 is 0 Å². The van der Waals surface area contributed by atoms with Crippen LogP contribution in [-0.2, 0) is 14.3 Å². The van der Waals surface area contributed by atoms with Crippen LogP contribution in [0.2, 0.25) is 0 Å². The molecule has 1 N–H and O–H groups in total. The van der Waals surface area contributed by atoms with Gasteiger partial charge in [0.1, 0.15) is 0 Å². The molecule has 0 saturated carbocycles. The highest BCUT2D eigenvalue weighted by Crippen LogP contribution is 2.40. The Balaban J connectivity index is 2.22. The van der Waals surface area contributed by atoms with Gasteiger partial charge in [-0.3, -0.25) is 4.79 Å². The number of hydrogen-bond acceptors (Lipinski definition) is 3. The molecule has 0 aliphatic heterocycles. The monoisotopic (exact) mass is 498 g/mol. The Kier molecular flexibility index (Phi) is 15.8. The van der Waals surface area contributed by atoms with Gasteiger partial charge in [0.25, 0.3) is 0 Å². The zero-order chi connectivity index (χ0) is 26.8. The number of unbranched alkanes of at least 4 members (excludes halogenated alkanes) is 8. The van der Waals surface area contributed by atoms with Crippen molar-refractivity contribution in [2.75, 3.05) is 6.61 Å². The van der Waals surface area contributed by atoms with Gasteiger partial charge in [-0.05, 0) is 69.4 Å². The minimum Gasteiger partial charge on any atom is -0.481 e. The lowest BCUT2D eigenvalue weighted by atomic mass is 9.72. The molecule has 0 aromatic heterocycles. The van der Waals surface area contributed by atoms with Crippen molar-refractivity contribution in [3.8, 4) is 0 Å². The second kappa shape index (κ2) is 18.0. The molecule has 1 rings (SSSR count). The fourth-order valence-electron chi connectivity index (χ4n) is 4.70. The van der Waals surface area contributed by atoms with Crippen LogP contribution in [0.15, 0.2) is 58.7 Å². The third-order valence-corrected chi connectivity index (χ3v) is 6.90. The van der Waals surface area contributed by atoms with E-state index in [4.69, 9.17) is 9.84 Å². The molecule has 0 aromatic carbocycles. The molecule has 1 aliphatic carbocycles. The van der Waals surface area contributed by atoms with Gasteiger partial charge < -0.3 is 9.84 Å². The Morgan fingerprint density at radius 3 is 2.14 bits per heavy atom. The number of esters is 1. The summed E-state index contributed by atoms with van der Waals surface area (Å²) in [5.41, 5.74) is 5.28. The number of ether oxygens (including phenoxy) is 1. The summed E-state index contributed by atoms with van der Waals surface area (Å²) in [5.74, 6) is -0.975. The molecule has 202 valence electrons. The number of carbonyl (C=O) groups is 2. The maximum atomic E-state index is 12.0. The van der Waals surface area contributed by atoms with E-state index in [0.717, 1.165) is 44.1 Å². The van der Waals surface area contributed by atoms with Crippen LogP contribution in [0.25, 0.3) is 0 Å². The molecule has 0 heterocycles. The summed E-state index contributed by atoms with van der Waals surface area (Å²) in [5, 5.41) is 8.61. The average molecular weight is 499 g/mol. The molecule has 0 spiro atoms. The van der Waals surface area contributed by atoms with E-state index in [2.05, 4.69) is 45.9 Å². The quantitative estimate of drug-likeness (QED) is 0.0940. The van der Waals surface area contributed by atoms with Crippen LogP contribution < -0.4 is 0 Å². The van der Waals surface area contributed by atoms with E-state index in [9.17, 15) is 9.59 Å². The van der Waals surface area contributed by atoms with Crippen LogP contribution in [0, 0.1) is 5.41 Å². The van der Waals surface area contributed by atoms with Crippen molar-refractivity contribution in [2.45, 2.75) is 118 Å². The predicted molar refractivity (Wildman–Crippen MR) is 151 cm³/mol. The summed E-state index contributed by atoms with van der Waals surface area (Å²) >= 11 is 0. The molecule has 0 unspecified atom stereocenters. The van der Waals surface area contributed by atoms with Crippen LogP contribution in [0.3, 0.4) is 0 Å². The summed E-state index contributed by atoms with van der Waals surface area (Å²) < 4.78 is 5.34. The molecule has 0 saturated heterocycles. The fourth-order valence-corrected chi connectivity index (χ4v) is 4.70. The molecule has 0 fully saturated rings. The van der Waals surface area contributed by atoms with Crippen molar-refractivity contribution in [1.29, 1.82) is 0 Å². The van der Waals surface area contributed by atoms with E-state index in [1.165, 1.54) is 55.2 Å². The first-order chi connectivity index (χ1) is 17.1. The molecule has 36 heavy (non-hydrogen) atoms. The Hall–Kier alpha value is -2.36. The fraction of sp³-hybridized carbons (Fsp3) is 0.625. The van der Waals surface area contributed by atoms with Crippen molar-refractivity contribution < 1.29 is 19.4 Å². The molecular formula is C32H50O4. The zero-order valence-corrected chi connectivity index (χ0v) is 23.5. The van der Waals surface area contributed by atoms with Crippen LogP contribution in [0.1, 0.15) is 118 Å². The van der Waals surface area contributed by atoms with Crippen LogP contribution >= 0.6 is 0 Å². The van der Waals surface area contributed by atoms with Crippen molar-refractivity contribution in [1.82, 2.24) is 0 Å². The van der Waals surface area contributed by atoms with Gasteiger partial charge in [0, 0.05) is 12.5 Å². The van der Waals surface area contributed by atoms with E-state index in [1.807, 2.05) is 19.1 Å². The SMILES string of the molecule is CC1=C(/C=C/C(C)=C/C=C/C(C)=C/C(=O)OCCCCCCCCCCCC(=O)O)C(C)(C)CCC1. The molecule has 4 heteroatoms.